The van der Waals surface area contributed by atoms with Crippen molar-refractivity contribution in [1.82, 2.24) is 10.2 Å². The monoisotopic (exact) mass is 335 g/mol. The van der Waals surface area contributed by atoms with Crippen LogP contribution < -0.4 is 11.1 Å². The molecule has 2 aromatic carbocycles. The van der Waals surface area contributed by atoms with Gasteiger partial charge in [-0.3, -0.25) is 0 Å². The van der Waals surface area contributed by atoms with Gasteiger partial charge < -0.3 is 16.0 Å². The first-order valence-corrected chi connectivity index (χ1v) is 9.57. The lowest BCUT2D eigenvalue weighted by Gasteiger charge is -2.15. The number of hydrogen-bond donors (Lipinski definition) is 2. The Labute approximate surface area is 151 Å². The maximum Gasteiger partial charge on any atom is 0.0180 e. The van der Waals surface area contributed by atoms with Crippen molar-refractivity contribution in [2.24, 2.45) is 5.73 Å². The van der Waals surface area contributed by atoms with E-state index in [-0.39, 0.29) is 0 Å². The van der Waals surface area contributed by atoms with Gasteiger partial charge in [0.15, 0.2) is 0 Å². The van der Waals surface area contributed by atoms with Crippen LogP contribution in [0.25, 0.3) is 11.1 Å². The zero-order valence-electron chi connectivity index (χ0n) is 15.1. The van der Waals surface area contributed by atoms with Crippen molar-refractivity contribution in [3.63, 3.8) is 0 Å². The number of nitrogens with one attached hydrogen (secondary N) is 1. The molecule has 0 unspecified atom stereocenters. The number of nitrogens with zero attached hydrogens (tertiary/aromatic N) is 1. The van der Waals surface area contributed by atoms with E-state index in [0.717, 1.165) is 32.6 Å². The van der Waals surface area contributed by atoms with Crippen LogP contribution in [-0.4, -0.2) is 43.2 Å². The van der Waals surface area contributed by atoms with Crippen LogP contribution in [0.5, 0.6) is 0 Å². The molecule has 25 heavy (non-hydrogen) atoms. The largest absolute Gasteiger partial charge is 0.326 e. The van der Waals surface area contributed by atoms with Crippen LogP contribution >= 0.6 is 0 Å². The summed E-state index contributed by atoms with van der Waals surface area (Å²) in [6.07, 6.45) is 2.42. The molecule has 2 fully saturated rings. The number of hydrogen-bond acceptors (Lipinski definition) is 3. The molecule has 1 saturated carbocycles. The van der Waals surface area contributed by atoms with Gasteiger partial charge in [0.1, 0.15) is 0 Å². The van der Waals surface area contributed by atoms with Crippen LogP contribution in [0.3, 0.4) is 0 Å². The SMILES string of the molecule is Cc1cccc(-c2ccc([C@H]3C[C@@H]3NCCN3CC[C@H](N)C3)cc2)c1. The molecule has 2 aliphatic rings. The summed E-state index contributed by atoms with van der Waals surface area (Å²) in [4.78, 5) is 2.48. The van der Waals surface area contributed by atoms with Gasteiger partial charge in [-0.1, -0.05) is 54.1 Å². The maximum atomic E-state index is 5.97. The Balaban J connectivity index is 1.27. The molecule has 3 N–H and O–H groups in total. The number of rotatable bonds is 6. The fourth-order valence-electron chi connectivity index (χ4n) is 4.01. The minimum Gasteiger partial charge on any atom is -0.326 e. The van der Waals surface area contributed by atoms with E-state index in [1.165, 1.54) is 28.7 Å². The maximum absolute atomic E-state index is 5.97. The Morgan fingerprint density at radius 1 is 1.12 bits per heavy atom. The molecule has 3 heteroatoms. The number of benzene rings is 2. The molecule has 3 nitrogen and oxygen atoms in total. The molecule has 2 aromatic rings. The van der Waals surface area contributed by atoms with Crippen molar-refractivity contribution in [2.75, 3.05) is 26.2 Å². The normalized spacial score (nSPS) is 26.1. The van der Waals surface area contributed by atoms with E-state index < -0.39 is 0 Å². The smallest absolute Gasteiger partial charge is 0.0180 e. The molecule has 0 aromatic heterocycles. The lowest BCUT2D eigenvalue weighted by molar-refractivity contribution is 0.331. The molecule has 4 rings (SSSR count). The van der Waals surface area contributed by atoms with Crippen molar-refractivity contribution in [3.8, 4) is 11.1 Å². The van der Waals surface area contributed by atoms with Gasteiger partial charge in [0, 0.05) is 37.6 Å². The quantitative estimate of drug-likeness (QED) is 0.852. The average molecular weight is 335 g/mol. The van der Waals surface area contributed by atoms with Crippen molar-refractivity contribution >= 4 is 0 Å². The van der Waals surface area contributed by atoms with Crippen molar-refractivity contribution in [1.29, 1.82) is 0 Å². The van der Waals surface area contributed by atoms with Gasteiger partial charge in [0.25, 0.3) is 0 Å². The third kappa shape index (κ3) is 4.12. The fraction of sp³-hybridized carbons (Fsp3) is 0.455. The summed E-state index contributed by atoms with van der Waals surface area (Å²) < 4.78 is 0. The molecule has 1 aliphatic carbocycles. The fourth-order valence-corrected chi connectivity index (χ4v) is 4.01. The highest BCUT2D eigenvalue weighted by molar-refractivity contribution is 5.64. The highest BCUT2D eigenvalue weighted by atomic mass is 15.2. The van der Waals surface area contributed by atoms with Crippen LogP contribution in [0.1, 0.15) is 29.9 Å². The lowest BCUT2D eigenvalue weighted by Crippen LogP contribution is -2.33. The topological polar surface area (TPSA) is 41.3 Å². The zero-order valence-corrected chi connectivity index (χ0v) is 15.1. The second-order valence-corrected chi connectivity index (χ2v) is 7.74. The minimum atomic E-state index is 0.389. The zero-order chi connectivity index (χ0) is 17.2. The molecule has 1 aliphatic heterocycles. The van der Waals surface area contributed by atoms with Gasteiger partial charge in [0.2, 0.25) is 0 Å². The van der Waals surface area contributed by atoms with E-state index in [4.69, 9.17) is 5.73 Å². The van der Waals surface area contributed by atoms with Crippen molar-refractivity contribution in [2.45, 2.75) is 37.8 Å². The summed E-state index contributed by atoms with van der Waals surface area (Å²) in [5.74, 6) is 0.687. The molecule has 0 bridgehead atoms. The van der Waals surface area contributed by atoms with E-state index in [9.17, 15) is 0 Å². The summed E-state index contributed by atoms with van der Waals surface area (Å²) in [6, 6.07) is 18.9. The highest BCUT2D eigenvalue weighted by Gasteiger charge is 2.37. The third-order valence-corrected chi connectivity index (χ3v) is 5.62. The van der Waals surface area contributed by atoms with Gasteiger partial charge >= 0.3 is 0 Å². The van der Waals surface area contributed by atoms with E-state index >= 15 is 0 Å². The van der Waals surface area contributed by atoms with Crippen molar-refractivity contribution < 1.29 is 0 Å². The van der Waals surface area contributed by atoms with Gasteiger partial charge in [-0.05, 0) is 43.0 Å². The molecule has 0 spiro atoms. The standard InChI is InChI=1S/C22H29N3/c1-16-3-2-4-19(13-16)17-5-7-18(8-6-17)21-14-22(21)24-10-12-25-11-9-20(23)15-25/h2-8,13,20-22,24H,9-12,14-15,23H2,1H3/t20-,21+,22-/m0/s1. The summed E-state index contributed by atoms with van der Waals surface area (Å²) >= 11 is 0. The highest BCUT2D eigenvalue weighted by Crippen LogP contribution is 2.41. The Hall–Kier alpha value is -1.68. The molecule has 0 amide bonds. The summed E-state index contributed by atoms with van der Waals surface area (Å²) in [5, 5.41) is 3.72. The molecular formula is C22H29N3. The van der Waals surface area contributed by atoms with Crippen LogP contribution in [0.2, 0.25) is 0 Å². The van der Waals surface area contributed by atoms with Gasteiger partial charge in [0.05, 0.1) is 0 Å². The Bertz CT molecular complexity index is 709. The van der Waals surface area contributed by atoms with E-state index in [1.54, 1.807) is 0 Å². The Morgan fingerprint density at radius 3 is 2.68 bits per heavy atom. The van der Waals surface area contributed by atoms with Gasteiger partial charge in [-0.25, -0.2) is 0 Å². The summed E-state index contributed by atoms with van der Waals surface area (Å²) in [7, 11) is 0. The van der Waals surface area contributed by atoms with Gasteiger partial charge in [-0.15, -0.1) is 0 Å². The lowest BCUT2D eigenvalue weighted by atomic mass is 10.0. The van der Waals surface area contributed by atoms with Gasteiger partial charge in [-0.2, -0.15) is 0 Å². The molecule has 3 atom stereocenters. The second-order valence-electron chi connectivity index (χ2n) is 7.74. The molecular weight excluding hydrogens is 306 g/mol. The molecule has 132 valence electrons. The first-order valence-electron chi connectivity index (χ1n) is 9.57. The van der Waals surface area contributed by atoms with Crippen LogP contribution in [0, 0.1) is 6.92 Å². The van der Waals surface area contributed by atoms with Crippen LogP contribution in [0.4, 0.5) is 0 Å². The second kappa shape index (κ2) is 7.28. The molecule has 1 saturated heterocycles. The number of nitrogens with two attached hydrogens (primary N) is 1. The first-order chi connectivity index (χ1) is 12.2. The predicted octanol–water partition coefficient (Wildman–Crippen LogP) is 3.14. The predicted molar refractivity (Wildman–Crippen MR) is 105 cm³/mol. The summed E-state index contributed by atoms with van der Waals surface area (Å²) in [6.45, 7) is 6.58. The van der Waals surface area contributed by atoms with E-state index in [0.29, 0.717) is 18.0 Å². The first kappa shape index (κ1) is 16.8. The summed E-state index contributed by atoms with van der Waals surface area (Å²) in [5.41, 5.74) is 11.4. The Morgan fingerprint density at radius 2 is 1.96 bits per heavy atom. The molecule has 0 radical (unpaired) electrons. The minimum absolute atomic E-state index is 0.389. The van der Waals surface area contributed by atoms with Crippen molar-refractivity contribution in [3.05, 3.63) is 59.7 Å². The van der Waals surface area contributed by atoms with E-state index in [2.05, 4.69) is 65.7 Å². The van der Waals surface area contributed by atoms with Crippen LogP contribution in [-0.2, 0) is 0 Å². The average Bonchev–Trinajstić information content (AvgIpc) is 3.27. The number of likely N-dealkylation sites (tertiary alicyclic amines) is 1. The van der Waals surface area contributed by atoms with E-state index in [1.807, 2.05) is 0 Å². The Kier molecular flexibility index (Phi) is 4.89. The van der Waals surface area contributed by atoms with Crippen LogP contribution in [0.15, 0.2) is 48.5 Å². The third-order valence-electron chi connectivity index (χ3n) is 5.62. The number of aryl methyl sites for hydroxylation is 1. The molecule has 1 heterocycles.